The van der Waals surface area contributed by atoms with Gasteiger partial charge in [0.1, 0.15) is 0 Å². The Kier molecular flexibility index (Phi) is 9.39. The van der Waals surface area contributed by atoms with Gasteiger partial charge in [0.25, 0.3) is 0 Å². The van der Waals surface area contributed by atoms with Crippen molar-refractivity contribution in [1.82, 2.24) is 0 Å². The van der Waals surface area contributed by atoms with Crippen LogP contribution in [0.15, 0.2) is 59.3 Å². The zero-order valence-electron chi connectivity index (χ0n) is 23.2. The van der Waals surface area contributed by atoms with Gasteiger partial charge in [0, 0.05) is 57.6 Å². The molecule has 2 nitrogen and oxygen atoms in total. The molecule has 0 spiro atoms. The molecule has 0 amide bonds. The van der Waals surface area contributed by atoms with Gasteiger partial charge in [0.15, 0.2) is 0 Å². The average Bonchev–Trinajstić information content (AvgIpc) is 3.80. The Morgan fingerprint density at radius 3 is 1.50 bits per heavy atom. The zero-order chi connectivity index (χ0) is 27.4. The summed E-state index contributed by atoms with van der Waals surface area (Å²) in [5.74, 6) is 0. The van der Waals surface area contributed by atoms with E-state index in [0.717, 1.165) is 65.0 Å². The third kappa shape index (κ3) is 6.12. The van der Waals surface area contributed by atoms with Crippen LogP contribution < -0.4 is 0 Å². The standard InChI is InChI=1S/C33H36O2S5/c1-3-5-15-34-21-33(22-35-16-6-4-2)19-23-24(20-33)32(30-14-12-28(39-30)26-10-8-18-37-26)40-31(23)29-13-11-27(38-29)25-9-7-17-36-25/h7-14,17-18H,3-6,15-16,19-22H2,1-2H3. The molecule has 5 aromatic heterocycles. The monoisotopic (exact) mass is 624 g/mol. The molecule has 0 bridgehead atoms. The quantitative estimate of drug-likeness (QED) is 0.114. The van der Waals surface area contributed by atoms with Crippen LogP contribution in [0.5, 0.6) is 0 Å². The molecule has 0 saturated heterocycles. The van der Waals surface area contributed by atoms with E-state index < -0.39 is 0 Å². The predicted molar refractivity (Wildman–Crippen MR) is 179 cm³/mol. The highest BCUT2D eigenvalue weighted by Crippen LogP contribution is 2.54. The predicted octanol–water partition coefficient (Wildman–Crippen LogP) is 11.4. The third-order valence-electron chi connectivity index (χ3n) is 7.51. The molecule has 210 valence electrons. The van der Waals surface area contributed by atoms with Gasteiger partial charge in [-0.3, -0.25) is 0 Å². The number of hydrogen-bond donors (Lipinski definition) is 0. The fraction of sp³-hybridized carbons (Fsp3) is 0.394. The van der Waals surface area contributed by atoms with Crippen molar-refractivity contribution in [2.45, 2.75) is 52.4 Å². The Hall–Kier alpha value is -1.58. The third-order valence-corrected chi connectivity index (χ3v) is 13.4. The highest BCUT2D eigenvalue weighted by molar-refractivity contribution is 7.29. The molecular weight excluding hydrogens is 589 g/mol. The van der Waals surface area contributed by atoms with Crippen molar-refractivity contribution in [2.75, 3.05) is 26.4 Å². The van der Waals surface area contributed by atoms with Crippen LogP contribution in [0.1, 0.15) is 50.7 Å². The minimum Gasteiger partial charge on any atom is -0.381 e. The topological polar surface area (TPSA) is 18.5 Å². The van der Waals surface area contributed by atoms with Gasteiger partial charge in [-0.15, -0.1) is 56.7 Å². The molecule has 0 aromatic carbocycles. The van der Waals surface area contributed by atoms with Gasteiger partial charge in [-0.25, -0.2) is 0 Å². The first-order valence-electron chi connectivity index (χ1n) is 14.3. The number of fused-ring (bicyclic) bond motifs is 1. The molecule has 0 aliphatic heterocycles. The summed E-state index contributed by atoms with van der Waals surface area (Å²) in [5.41, 5.74) is 3.07. The largest absolute Gasteiger partial charge is 0.381 e. The second-order valence-corrected chi connectivity index (χ2v) is 15.7. The number of ether oxygens (including phenoxy) is 2. The van der Waals surface area contributed by atoms with Crippen LogP contribution in [0.3, 0.4) is 0 Å². The van der Waals surface area contributed by atoms with E-state index in [1.807, 2.05) is 56.7 Å². The van der Waals surface area contributed by atoms with Crippen LogP contribution in [-0.4, -0.2) is 26.4 Å². The van der Waals surface area contributed by atoms with Crippen molar-refractivity contribution in [3.8, 4) is 39.0 Å². The van der Waals surface area contributed by atoms with Crippen molar-refractivity contribution in [3.05, 3.63) is 70.4 Å². The van der Waals surface area contributed by atoms with Crippen LogP contribution in [-0.2, 0) is 22.3 Å². The highest BCUT2D eigenvalue weighted by Gasteiger charge is 2.42. The molecule has 0 saturated carbocycles. The van der Waals surface area contributed by atoms with Crippen LogP contribution in [0.25, 0.3) is 39.0 Å². The Morgan fingerprint density at radius 1 is 0.600 bits per heavy atom. The lowest BCUT2D eigenvalue weighted by Gasteiger charge is -2.29. The first kappa shape index (κ1) is 28.5. The van der Waals surface area contributed by atoms with E-state index in [1.165, 1.54) is 50.1 Å². The second kappa shape index (κ2) is 13.2. The van der Waals surface area contributed by atoms with E-state index in [1.54, 1.807) is 0 Å². The summed E-state index contributed by atoms with van der Waals surface area (Å²) in [5, 5.41) is 4.34. The fourth-order valence-electron chi connectivity index (χ4n) is 5.42. The molecule has 1 aliphatic carbocycles. The summed E-state index contributed by atoms with van der Waals surface area (Å²) in [6.45, 7) is 7.68. The fourth-order valence-corrected chi connectivity index (χ4v) is 10.7. The maximum atomic E-state index is 6.35. The normalized spacial score (nSPS) is 14.2. The first-order valence-corrected chi connectivity index (χ1v) is 18.5. The molecule has 0 atom stereocenters. The second-order valence-electron chi connectivity index (χ2n) is 10.7. The summed E-state index contributed by atoms with van der Waals surface area (Å²) in [6.07, 6.45) is 6.62. The average molecular weight is 625 g/mol. The van der Waals surface area contributed by atoms with E-state index in [4.69, 9.17) is 9.47 Å². The summed E-state index contributed by atoms with van der Waals surface area (Å²) in [7, 11) is 0. The Bertz CT molecular complexity index is 1370. The first-order chi connectivity index (χ1) is 19.7. The van der Waals surface area contributed by atoms with Crippen LogP contribution in [0, 0.1) is 5.41 Å². The Balaban J connectivity index is 1.37. The summed E-state index contributed by atoms with van der Waals surface area (Å²) < 4.78 is 12.7. The Labute approximate surface area is 258 Å². The minimum absolute atomic E-state index is 0.00527. The van der Waals surface area contributed by atoms with E-state index in [9.17, 15) is 0 Å². The van der Waals surface area contributed by atoms with E-state index in [-0.39, 0.29) is 5.41 Å². The smallest absolute Gasteiger partial charge is 0.0550 e. The van der Waals surface area contributed by atoms with Crippen LogP contribution in [0.2, 0.25) is 0 Å². The summed E-state index contributed by atoms with van der Waals surface area (Å²) in [4.78, 5) is 11.1. The maximum Gasteiger partial charge on any atom is 0.0550 e. The number of thiophene rings is 5. The lowest BCUT2D eigenvalue weighted by atomic mass is 9.86. The van der Waals surface area contributed by atoms with Crippen molar-refractivity contribution >= 4 is 56.7 Å². The zero-order valence-corrected chi connectivity index (χ0v) is 27.3. The molecule has 0 N–H and O–H groups in total. The van der Waals surface area contributed by atoms with Crippen LogP contribution >= 0.6 is 56.7 Å². The number of hydrogen-bond acceptors (Lipinski definition) is 7. The van der Waals surface area contributed by atoms with Gasteiger partial charge in [-0.2, -0.15) is 0 Å². The van der Waals surface area contributed by atoms with Crippen molar-refractivity contribution in [3.63, 3.8) is 0 Å². The van der Waals surface area contributed by atoms with Crippen LogP contribution in [0.4, 0.5) is 0 Å². The Morgan fingerprint density at radius 2 is 1.07 bits per heavy atom. The van der Waals surface area contributed by atoms with E-state index >= 15 is 0 Å². The lowest BCUT2D eigenvalue weighted by molar-refractivity contribution is -0.0187. The van der Waals surface area contributed by atoms with Crippen molar-refractivity contribution < 1.29 is 9.47 Å². The van der Waals surface area contributed by atoms with Gasteiger partial charge in [0.2, 0.25) is 0 Å². The van der Waals surface area contributed by atoms with Gasteiger partial charge in [0.05, 0.1) is 13.2 Å². The lowest BCUT2D eigenvalue weighted by Crippen LogP contribution is -2.34. The summed E-state index contributed by atoms with van der Waals surface area (Å²) >= 11 is 9.51. The molecule has 5 heterocycles. The maximum absolute atomic E-state index is 6.35. The molecule has 6 rings (SSSR count). The molecule has 0 unspecified atom stereocenters. The highest BCUT2D eigenvalue weighted by atomic mass is 32.1. The van der Waals surface area contributed by atoms with E-state index in [0.29, 0.717) is 0 Å². The van der Waals surface area contributed by atoms with E-state index in [2.05, 4.69) is 73.1 Å². The van der Waals surface area contributed by atoms with Gasteiger partial charge >= 0.3 is 0 Å². The minimum atomic E-state index is 0.00527. The van der Waals surface area contributed by atoms with Gasteiger partial charge in [-0.05, 0) is 84.0 Å². The molecular formula is C33H36O2S5. The number of unbranched alkanes of at least 4 members (excludes halogenated alkanes) is 2. The molecule has 1 aliphatic rings. The SMILES string of the molecule is CCCCOCC1(COCCCC)Cc2c(-c3ccc(-c4cccs4)s3)sc(-c3ccc(-c4cccs4)s3)c2C1. The van der Waals surface area contributed by atoms with Gasteiger partial charge < -0.3 is 9.47 Å². The van der Waals surface area contributed by atoms with Gasteiger partial charge in [-0.1, -0.05) is 38.8 Å². The molecule has 7 heteroatoms. The summed E-state index contributed by atoms with van der Waals surface area (Å²) in [6, 6.07) is 18.1. The molecule has 0 radical (unpaired) electrons. The molecule has 40 heavy (non-hydrogen) atoms. The van der Waals surface area contributed by atoms with Crippen molar-refractivity contribution in [2.24, 2.45) is 5.41 Å². The molecule has 5 aromatic rings. The number of rotatable bonds is 14. The molecule has 0 fully saturated rings. The van der Waals surface area contributed by atoms with Crippen molar-refractivity contribution in [1.29, 1.82) is 0 Å².